The second-order valence-corrected chi connectivity index (χ2v) is 3.15. The zero-order valence-electron chi connectivity index (χ0n) is 7.29. The average molecular weight is 193 g/mol. The van der Waals surface area contributed by atoms with Gasteiger partial charge in [0.05, 0.1) is 28.3 Å². The van der Waals surface area contributed by atoms with Crippen LogP contribution in [0.4, 0.5) is 0 Å². The van der Waals surface area contributed by atoms with Crippen molar-refractivity contribution in [1.82, 2.24) is 9.97 Å². The first-order valence-corrected chi connectivity index (χ1v) is 4.63. The maximum absolute atomic E-state index is 5.73. The van der Waals surface area contributed by atoms with Crippen LogP contribution in [0.25, 0.3) is 11.0 Å². The van der Waals surface area contributed by atoms with Crippen LogP contribution in [0.2, 0.25) is 0 Å². The zero-order valence-corrected chi connectivity index (χ0v) is 8.04. The molecule has 13 heavy (non-hydrogen) atoms. The fourth-order valence-electron chi connectivity index (χ4n) is 1.25. The number of rotatable bonds is 1. The largest absolute Gasteiger partial charge is 0.250 e. The molecule has 0 saturated carbocycles. The number of fused-ring (bicyclic) bond motifs is 1. The van der Waals surface area contributed by atoms with Crippen LogP contribution in [0.15, 0.2) is 24.3 Å². The SMILES string of the molecule is Cc1nc2ccccc2nc1CCl. The van der Waals surface area contributed by atoms with Crippen molar-refractivity contribution in [2.24, 2.45) is 0 Å². The number of hydrogen-bond donors (Lipinski definition) is 0. The van der Waals surface area contributed by atoms with Gasteiger partial charge in [-0.15, -0.1) is 11.6 Å². The van der Waals surface area contributed by atoms with Gasteiger partial charge in [0.1, 0.15) is 0 Å². The lowest BCUT2D eigenvalue weighted by molar-refractivity contribution is 1.08. The molecule has 66 valence electrons. The van der Waals surface area contributed by atoms with E-state index in [1.165, 1.54) is 0 Å². The predicted molar refractivity (Wildman–Crippen MR) is 53.8 cm³/mol. The van der Waals surface area contributed by atoms with Crippen LogP contribution in [0.3, 0.4) is 0 Å². The number of hydrogen-bond acceptors (Lipinski definition) is 2. The number of alkyl halides is 1. The zero-order chi connectivity index (χ0) is 9.26. The van der Waals surface area contributed by atoms with Crippen molar-refractivity contribution in [3.8, 4) is 0 Å². The minimum Gasteiger partial charge on any atom is -0.250 e. The van der Waals surface area contributed by atoms with Gasteiger partial charge >= 0.3 is 0 Å². The van der Waals surface area contributed by atoms with E-state index in [1.807, 2.05) is 31.2 Å². The summed E-state index contributed by atoms with van der Waals surface area (Å²) in [7, 11) is 0. The van der Waals surface area contributed by atoms with Crippen LogP contribution in [0.1, 0.15) is 11.4 Å². The summed E-state index contributed by atoms with van der Waals surface area (Å²) < 4.78 is 0. The van der Waals surface area contributed by atoms with Crippen LogP contribution < -0.4 is 0 Å². The molecular formula is C10H9ClN2. The first-order chi connectivity index (χ1) is 6.31. The second kappa shape index (κ2) is 3.30. The number of para-hydroxylation sites is 2. The van der Waals surface area contributed by atoms with E-state index in [2.05, 4.69) is 9.97 Å². The van der Waals surface area contributed by atoms with Crippen LogP contribution >= 0.6 is 11.6 Å². The van der Waals surface area contributed by atoms with Gasteiger partial charge in [0.2, 0.25) is 0 Å². The summed E-state index contributed by atoms with van der Waals surface area (Å²) in [6.45, 7) is 1.93. The van der Waals surface area contributed by atoms with Gasteiger partial charge in [-0.05, 0) is 19.1 Å². The Kier molecular flexibility index (Phi) is 2.15. The minimum absolute atomic E-state index is 0.420. The summed E-state index contributed by atoms with van der Waals surface area (Å²) in [5, 5.41) is 0. The summed E-state index contributed by atoms with van der Waals surface area (Å²) in [5.41, 5.74) is 3.60. The fraction of sp³-hybridized carbons (Fsp3) is 0.200. The third kappa shape index (κ3) is 1.49. The smallest absolute Gasteiger partial charge is 0.0890 e. The van der Waals surface area contributed by atoms with E-state index in [4.69, 9.17) is 11.6 Å². The molecule has 0 fully saturated rings. The van der Waals surface area contributed by atoms with E-state index in [-0.39, 0.29) is 0 Å². The lowest BCUT2D eigenvalue weighted by atomic mass is 10.2. The van der Waals surface area contributed by atoms with E-state index >= 15 is 0 Å². The third-order valence-electron chi connectivity index (χ3n) is 1.97. The van der Waals surface area contributed by atoms with Crippen molar-refractivity contribution in [3.63, 3.8) is 0 Å². The maximum atomic E-state index is 5.73. The molecule has 0 saturated heterocycles. The van der Waals surface area contributed by atoms with Crippen molar-refractivity contribution >= 4 is 22.6 Å². The first kappa shape index (κ1) is 8.45. The molecule has 2 rings (SSSR count). The molecule has 0 radical (unpaired) electrons. The van der Waals surface area contributed by atoms with Gasteiger partial charge in [0.15, 0.2) is 0 Å². The molecule has 1 aromatic heterocycles. The van der Waals surface area contributed by atoms with E-state index in [0.29, 0.717) is 5.88 Å². The Morgan fingerprint density at radius 3 is 2.38 bits per heavy atom. The van der Waals surface area contributed by atoms with E-state index in [0.717, 1.165) is 22.4 Å². The Bertz CT molecular complexity index is 440. The lowest BCUT2D eigenvalue weighted by Gasteiger charge is -2.02. The fourth-order valence-corrected chi connectivity index (χ4v) is 1.50. The van der Waals surface area contributed by atoms with Gasteiger partial charge in [-0.1, -0.05) is 12.1 Å². The van der Waals surface area contributed by atoms with Crippen LogP contribution in [0, 0.1) is 6.92 Å². The van der Waals surface area contributed by atoms with Crippen molar-refractivity contribution in [1.29, 1.82) is 0 Å². The van der Waals surface area contributed by atoms with Crippen molar-refractivity contribution < 1.29 is 0 Å². The number of aryl methyl sites for hydroxylation is 1. The normalized spacial score (nSPS) is 10.6. The summed E-state index contributed by atoms with van der Waals surface area (Å²) in [5.74, 6) is 0.420. The molecule has 2 aromatic rings. The van der Waals surface area contributed by atoms with Gasteiger partial charge in [-0.2, -0.15) is 0 Å². The number of halogens is 1. The second-order valence-electron chi connectivity index (χ2n) is 2.88. The maximum Gasteiger partial charge on any atom is 0.0890 e. The Morgan fingerprint density at radius 2 is 1.77 bits per heavy atom. The molecule has 1 aromatic carbocycles. The van der Waals surface area contributed by atoms with E-state index < -0.39 is 0 Å². The molecule has 0 atom stereocenters. The molecule has 0 aliphatic carbocycles. The lowest BCUT2D eigenvalue weighted by Crippen LogP contribution is -1.95. The van der Waals surface area contributed by atoms with E-state index in [9.17, 15) is 0 Å². The molecule has 3 heteroatoms. The van der Waals surface area contributed by atoms with Crippen LogP contribution in [-0.2, 0) is 5.88 Å². The topological polar surface area (TPSA) is 25.8 Å². The predicted octanol–water partition coefficient (Wildman–Crippen LogP) is 2.68. The molecule has 0 N–H and O–H groups in total. The average Bonchev–Trinajstić information content (AvgIpc) is 2.17. The molecule has 0 bridgehead atoms. The molecule has 0 spiro atoms. The summed E-state index contributed by atoms with van der Waals surface area (Å²) >= 11 is 5.73. The Hall–Kier alpha value is -1.15. The van der Waals surface area contributed by atoms with Gasteiger partial charge < -0.3 is 0 Å². The monoisotopic (exact) mass is 192 g/mol. The van der Waals surface area contributed by atoms with Gasteiger partial charge in [0, 0.05) is 0 Å². The van der Waals surface area contributed by atoms with Crippen molar-refractivity contribution in [3.05, 3.63) is 35.7 Å². The Labute approximate surface area is 81.6 Å². The first-order valence-electron chi connectivity index (χ1n) is 4.09. The molecular weight excluding hydrogens is 184 g/mol. The molecule has 0 amide bonds. The molecule has 2 nitrogen and oxygen atoms in total. The molecule has 1 heterocycles. The van der Waals surface area contributed by atoms with Crippen LogP contribution in [-0.4, -0.2) is 9.97 Å². The molecule has 0 unspecified atom stereocenters. The van der Waals surface area contributed by atoms with E-state index in [1.54, 1.807) is 0 Å². The summed E-state index contributed by atoms with van der Waals surface area (Å²) in [6, 6.07) is 7.80. The molecule has 0 aliphatic heterocycles. The van der Waals surface area contributed by atoms with Crippen molar-refractivity contribution in [2.45, 2.75) is 12.8 Å². The Balaban J connectivity index is 2.74. The third-order valence-corrected chi connectivity index (χ3v) is 2.22. The highest BCUT2D eigenvalue weighted by Gasteiger charge is 2.02. The number of aromatic nitrogens is 2. The van der Waals surface area contributed by atoms with Gasteiger partial charge in [-0.25, -0.2) is 9.97 Å². The number of nitrogens with zero attached hydrogens (tertiary/aromatic N) is 2. The highest BCUT2D eigenvalue weighted by molar-refractivity contribution is 6.17. The summed E-state index contributed by atoms with van der Waals surface area (Å²) in [4.78, 5) is 8.80. The highest BCUT2D eigenvalue weighted by atomic mass is 35.5. The standard InChI is InChI=1S/C10H9ClN2/c1-7-10(6-11)13-9-5-3-2-4-8(9)12-7/h2-5H,6H2,1H3. The van der Waals surface area contributed by atoms with Gasteiger partial charge in [-0.3, -0.25) is 0 Å². The molecule has 0 aliphatic rings. The highest BCUT2D eigenvalue weighted by Crippen LogP contribution is 2.13. The Morgan fingerprint density at radius 1 is 1.15 bits per heavy atom. The van der Waals surface area contributed by atoms with Gasteiger partial charge in [0.25, 0.3) is 0 Å². The quantitative estimate of drug-likeness (QED) is 0.650. The van der Waals surface area contributed by atoms with Crippen molar-refractivity contribution in [2.75, 3.05) is 0 Å². The summed E-state index contributed by atoms with van der Waals surface area (Å²) in [6.07, 6.45) is 0. The van der Waals surface area contributed by atoms with Crippen LogP contribution in [0.5, 0.6) is 0 Å². The number of benzene rings is 1. The minimum atomic E-state index is 0.420.